The number of methoxy groups -OCH3 is 1. The predicted octanol–water partition coefficient (Wildman–Crippen LogP) is 0.446. The molecule has 98 valence electrons. The van der Waals surface area contributed by atoms with Crippen LogP contribution in [-0.2, 0) is 9.53 Å². The van der Waals surface area contributed by atoms with Gasteiger partial charge in [0.2, 0.25) is 5.91 Å². The maximum absolute atomic E-state index is 12.0. The Kier molecular flexibility index (Phi) is 5.21. The third kappa shape index (κ3) is 3.09. The second kappa shape index (κ2) is 6.44. The van der Waals surface area contributed by atoms with E-state index in [9.17, 15) is 4.79 Å². The summed E-state index contributed by atoms with van der Waals surface area (Å²) in [5.74, 6) is -0.102. The van der Waals surface area contributed by atoms with E-state index in [0.29, 0.717) is 26.0 Å². The Labute approximate surface area is 101 Å². The molecule has 17 heavy (non-hydrogen) atoms. The number of oxime groups is 1. The lowest BCUT2D eigenvalue weighted by Crippen LogP contribution is -2.54. The summed E-state index contributed by atoms with van der Waals surface area (Å²) < 4.78 is 4.92. The van der Waals surface area contributed by atoms with Crippen LogP contribution in [0.1, 0.15) is 32.1 Å². The van der Waals surface area contributed by atoms with E-state index in [1.807, 2.05) is 0 Å². The molecule has 1 aliphatic carbocycles. The summed E-state index contributed by atoms with van der Waals surface area (Å²) in [6, 6.07) is 0. The summed E-state index contributed by atoms with van der Waals surface area (Å²) in [5, 5.41) is 14.5. The molecule has 0 spiro atoms. The van der Waals surface area contributed by atoms with E-state index in [2.05, 4.69) is 10.5 Å². The molecule has 0 aromatic rings. The molecule has 0 atom stereocenters. The molecule has 1 rings (SSSR count). The van der Waals surface area contributed by atoms with Gasteiger partial charge in [-0.15, -0.1) is 0 Å². The number of hydrogen-bond donors (Lipinski definition) is 3. The molecule has 0 aliphatic heterocycles. The zero-order valence-corrected chi connectivity index (χ0v) is 10.2. The average Bonchev–Trinajstić information content (AvgIpc) is 2.27. The molecule has 1 saturated carbocycles. The molecule has 0 bridgehead atoms. The first-order chi connectivity index (χ1) is 8.17. The number of nitrogens with two attached hydrogens (primary N) is 1. The Morgan fingerprint density at radius 3 is 2.71 bits per heavy atom. The van der Waals surface area contributed by atoms with Gasteiger partial charge in [-0.3, -0.25) is 4.79 Å². The molecule has 1 aliphatic rings. The third-order valence-electron chi connectivity index (χ3n) is 3.30. The van der Waals surface area contributed by atoms with E-state index < -0.39 is 5.41 Å². The molecule has 4 N–H and O–H groups in total. The van der Waals surface area contributed by atoms with Crippen molar-refractivity contribution in [3.63, 3.8) is 0 Å². The van der Waals surface area contributed by atoms with Crippen molar-refractivity contribution in [1.82, 2.24) is 5.32 Å². The molecule has 6 nitrogen and oxygen atoms in total. The topological polar surface area (TPSA) is 96.9 Å². The minimum absolute atomic E-state index is 0.0261. The second-order valence-corrected chi connectivity index (χ2v) is 4.38. The van der Waals surface area contributed by atoms with Crippen molar-refractivity contribution < 1.29 is 14.7 Å². The van der Waals surface area contributed by atoms with Gasteiger partial charge in [0, 0.05) is 20.3 Å². The highest BCUT2D eigenvalue weighted by molar-refractivity contribution is 6.07. The van der Waals surface area contributed by atoms with E-state index in [0.717, 1.165) is 19.3 Å². The second-order valence-electron chi connectivity index (χ2n) is 4.38. The minimum atomic E-state index is -0.768. The molecule has 0 aromatic heterocycles. The van der Waals surface area contributed by atoms with Gasteiger partial charge >= 0.3 is 0 Å². The van der Waals surface area contributed by atoms with Crippen molar-refractivity contribution in [2.75, 3.05) is 20.3 Å². The molecule has 0 aromatic carbocycles. The minimum Gasteiger partial charge on any atom is -0.409 e. The number of carbonyl (C=O) groups excluding carboxylic acids is 1. The van der Waals surface area contributed by atoms with Crippen LogP contribution in [0.4, 0.5) is 0 Å². The number of amidine groups is 1. The summed E-state index contributed by atoms with van der Waals surface area (Å²) in [6.45, 7) is 1.30. The van der Waals surface area contributed by atoms with Crippen molar-refractivity contribution in [2.24, 2.45) is 16.3 Å². The molecule has 1 fully saturated rings. The molecular weight excluding hydrogens is 222 g/mol. The zero-order chi connectivity index (χ0) is 12.7. The van der Waals surface area contributed by atoms with Gasteiger partial charge in [-0.1, -0.05) is 11.6 Å². The van der Waals surface area contributed by atoms with Gasteiger partial charge in [0.15, 0.2) is 5.84 Å². The quantitative estimate of drug-likeness (QED) is 0.199. The van der Waals surface area contributed by atoms with Crippen molar-refractivity contribution in [2.45, 2.75) is 32.1 Å². The smallest absolute Gasteiger partial charge is 0.233 e. The number of nitrogens with zero attached hydrogens (tertiary/aromatic N) is 1. The van der Waals surface area contributed by atoms with Gasteiger partial charge in [-0.05, 0) is 25.7 Å². The van der Waals surface area contributed by atoms with Crippen LogP contribution < -0.4 is 11.1 Å². The van der Waals surface area contributed by atoms with E-state index in [4.69, 9.17) is 15.7 Å². The highest BCUT2D eigenvalue weighted by Crippen LogP contribution is 2.41. The van der Waals surface area contributed by atoms with Crippen LogP contribution in [0.2, 0.25) is 0 Å². The zero-order valence-electron chi connectivity index (χ0n) is 10.2. The average molecular weight is 243 g/mol. The lowest BCUT2D eigenvalue weighted by Gasteiger charge is -2.38. The van der Waals surface area contributed by atoms with Gasteiger partial charge in [-0.25, -0.2) is 0 Å². The van der Waals surface area contributed by atoms with Gasteiger partial charge in [0.1, 0.15) is 5.41 Å². The highest BCUT2D eigenvalue weighted by Gasteiger charge is 2.48. The van der Waals surface area contributed by atoms with E-state index in [1.54, 1.807) is 7.11 Å². The first kappa shape index (κ1) is 13.8. The van der Waals surface area contributed by atoms with Crippen LogP contribution in [-0.4, -0.2) is 37.2 Å². The Bertz CT molecular complexity index is 288. The summed E-state index contributed by atoms with van der Waals surface area (Å²) in [4.78, 5) is 12.0. The van der Waals surface area contributed by atoms with Crippen molar-refractivity contribution in [1.29, 1.82) is 0 Å². The summed E-state index contributed by atoms with van der Waals surface area (Å²) in [7, 11) is 1.65. The number of rotatable bonds is 7. The van der Waals surface area contributed by atoms with Crippen molar-refractivity contribution >= 4 is 11.7 Å². The largest absolute Gasteiger partial charge is 0.409 e. The Balaban J connectivity index is 2.35. The fourth-order valence-electron chi connectivity index (χ4n) is 1.97. The third-order valence-corrected chi connectivity index (χ3v) is 3.30. The Morgan fingerprint density at radius 2 is 2.24 bits per heavy atom. The summed E-state index contributed by atoms with van der Waals surface area (Å²) in [5.41, 5.74) is 4.82. The SMILES string of the molecule is COCCCCNC(=O)C1(C(N)=NO)CCC1. The number of ether oxygens (including phenoxy) is 1. The molecule has 1 amide bonds. The normalized spacial score (nSPS) is 18.5. The van der Waals surface area contributed by atoms with Crippen LogP contribution >= 0.6 is 0 Å². The Morgan fingerprint density at radius 1 is 1.53 bits per heavy atom. The number of amides is 1. The summed E-state index contributed by atoms with van der Waals surface area (Å²) in [6.07, 6.45) is 4.03. The van der Waals surface area contributed by atoms with Gasteiger partial charge < -0.3 is 21.0 Å². The van der Waals surface area contributed by atoms with Crippen LogP contribution in [0, 0.1) is 5.41 Å². The van der Waals surface area contributed by atoms with Crippen LogP contribution in [0.15, 0.2) is 5.16 Å². The Hall–Kier alpha value is -1.30. The lowest BCUT2D eigenvalue weighted by atomic mass is 9.67. The monoisotopic (exact) mass is 243 g/mol. The van der Waals surface area contributed by atoms with Gasteiger partial charge in [0.05, 0.1) is 0 Å². The molecular formula is C11H21N3O3. The molecule has 0 heterocycles. The van der Waals surface area contributed by atoms with Crippen molar-refractivity contribution in [3.05, 3.63) is 0 Å². The molecule has 0 unspecified atom stereocenters. The highest BCUT2D eigenvalue weighted by atomic mass is 16.5. The maximum Gasteiger partial charge on any atom is 0.233 e. The molecule has 6 heteroatoms. The van der Waals surface area contributed by atoms with Crippen molar-refractivity contribution in [3.8, 4) is 0 Å². The number of hydrogen-bond acceptors (Lipinski definition) is 4. The number of nitrogens with one attached hydrogen (secondary N) is 1. The van der Waals surface area contributed by atoms with Gasteiger partial charge in [0.25, 0.3) is 0 Å². The van der Waals surface area contributed by atoms with E-state index in [-0.39, 0.29) is 11.7 Å². The standard InChI is InChI=1S/C11H21N3O3/c1-17-8-3-2-7-13-10(15)11(5-4-6-11)9(12)14-16/h16H,2-8H2,1H3,(H2,12,14)(H,13,15). The van der Waals surface area contributed by atoms with Crippen LogP contribution in [0.5, 0.6) is 0 Å². The predicted molar refractivity (Wildman–Crippen MR) is 63.8 cm³/mol. The van der Waals surface area contributed by atoms with E-state index >= 15 is 0 Å². The first-order valence-corrected chi connectivity index (χ1v) is 5.92. The fourth-order valence-corrected chi connectivity index (χ4v) is 1.97. The summed E-state index contributed by atoms with van der Waals surface area (Å²) >= 11 is 0. The van der Waals surface area contributed by atoms with E-state index in [1.165, 1.54) is 0 Å². The van der Waals surface area contributed by atoms with Crippen LogP contribution in [0.25, 0.3) is 0 Å². The van der Waals surface area contributed by atoms with Crippen LogP contribution in [0.3, 0.4) is 0 Å². The first-order valence-electron chi connectivity index (χ1n) is 5.92. The van der Waals surface area contributed by atoms with Gasteiger partial charge in [-0.2, -0.15) is 0 Å². The fraction of sp³-hybridized carbons (Fsp3) is 0.818. The molecule has 0 saturated heterocycles. The number of carbonyl (C=O) groups is 1. The number of unbranched alkanes of at least 4 members (excludes halogenated alkanes) is 1. The lowest BCUT2D eigenvalue weighted by molar-refractivity contribution is -0.131. The maximum atomic E-state index is 12.0. The molecule has 0 radical (unpaired) electrons.